The van der Waals surface area contributed by atoms with E-state index in [0.29, 0.717) is 27.2 Å². The number of methoxy groups -OCH3 is 2. The fourth-order valence-electron chi connectivity index (χ4n) is 2.05. The van der Waals surface area contributed by atoms with Crippen molar-refractivity contribution in [2.24, 2.45) is 0 Å². The molecular formula is C16H15Cl3O2. The summed E-state index contributed by atoms with van der Waals surface area (Å²) < 4.78 is 10.3. The van der Waals surface area contributed by atoms with Crippen LogP contribution in [0.25, 0.3) is 0 Å². The predicted molar refractivity (Wildman–Crippen MR) is 88.4 cm³/mol. The van der Waals surface area contributed by atoms with E-state index in [2.05, 4.69) is 0 Å². The lowest BCUT2D eigenvalue weighted by Crippen LogP contribution is -1.96. The minimum absolute atomic E-state index is 0.601. The lowest BCUT2D eigenvalue weighted by atomic mass is 10.0. The SMILES string of the molecule is COc1ccc(CCc2c(Cl)cc(OC)cc2Cl)c(Cl)c1. The second-order valence-corrected chi connectivity index (χ2v) is 5.75. The molecule has 112 valence electrons. The summed E-state index contributed by atoms with van der Waals surface area (Å²) in [5, 5.41) is 1.88. The summed E-state index contributed by atoms with van der Waals surface area (Å²) in [5.74, 6) is 1.39. The highest BCUT2D eigenvalue weighted by atomic mass is 35.5. The smallest absolute Gasteiger partial charge is 0.121 e. The van der Waals surface area contributed by atoms with Crippen LogP contribution >= 0.6 is 34.8 Å². The van der Waals surface area contributed by atoms with Crippen molar-refractivity contribution in [1.29, 1.82) is 0 Å². The Kier molecular flexibility index (Phi) is 5.63. The van der Waals surface area contributed by atoms with Gasteiger partial charge in [0.1, 0.15) is 11.5 Å². The van der Waals surface area contributed by atoms with Crippen LogP contribution in [0.4, 0.5) is 0 Å². The van der Waals surface area contributed by atoms with Gasteiger partial charge in [0, 0.05) is 15.1 Å². The van der Waals surface area contributed by atoms with Crippen LogP contribution in [0, 0.1) is 0 Å². The first-order valence-electron chi connectivity index (χ1n) is 6.39. The molecule has 2 aromatic rings. The lowest BCUT2D eigenvalue weighted by Gasteiger charge is -2.11. The van der Waals surface area contributed by atoms with E-state index in [1.54, 1.807) is 32.4 Å². The largest absolute Gasteiger partial charge is 0.497 e. The van der Waals surface area contributed by atoms with Crippen LogP contribution < -0.4 is 9.47 Å². The van der Waals surface area contributed by atoms with Gasteiger partial charge in [0.05, 0.1) is 14.2 Å². The van der Waals surface area contributed by atoms with Crippen LogP contribution in [0.15, 0.2) is 30.3 Å². The maximum absolute atomic E-state index is 6.25. The molecule has 0 atom stereocenters. The Hall–Kier alpha value is -1.09. The van der Waals surface area contributed by atoms with Crippen LogP contribution in [0.1, 0.15) is 11.1 Å². The van der Waals surface area contributed by atoms with Crippen molar-refractivity contribution in [2.45, 2.75) is 12.8 Å². The van der Waals surface area contributed by atoms with Crippen molar-refractivity contribution < 1.29 is 9.47 Å². The number of hydrogen-bond acceptors (Lipinski definition) is 2. The third-order valence-corrected chi connectivity index (χ3v) is 4.28. The van der Waals surface area contributed by atoms with E-state index >= 15 is 0 Å². The maximum atomic E-state index is 6.25. The molecule has 5 heteroatoms. The van der Waals surface area contributed by atoms with E-state index in [1.807, 2.05) is 12.1 Å². The summed E-state index contributed by atoms with van der Waals surface area (Å²) in [4.78, 5) is 0. The zero-order chi connectivity index (χ0) is 15.4. The molecule has 21 heavy (non-hydrogen) atoms. The minimum atomic E-state index is 0.601. The van der Waals surface area contributed by atoms with E-state index in [1.165, 1.54) is 0 Å². The number of rotatable bonds is 5. The third kappa shape index (κ3) is 3.97. The molecule has 0 aliphatic heterocycles. The van der Waals surface area contributed by atoms with Crippen LogP contribution in [0.2, 0.25) is 15.1 Å². The van der Waals surface area contributed by atoms with E-state index < -0.39 is 0 Å². The van der Waals surface area contributed by atoms with Gasteiger partial charge in [0.15, 0.2) is 0 Å². The van der Waals surface area contributed by atoms with Crippen molar-refractivity contribution in [3.8, 4) is 11.5 Å². The Balaban J connectivity index is 2.17. The van der Waals surface area contributed by atoms with Gasteiger partial charge in [-0.2, -0.15) is 0 Å². The minimum Gasteiger partial charge on any atom is -0.497 e. The zero-order valence-electron chi connectivity index (χ0n) is 11.8. The summed E-state index contributed by atoms with van der Waals surface area (Å²) in [6.45, 7) is 0. The fraction of sp³-hybridized carbons (Fsp3) is 0.250. The van der Waals surface area contributed by atoms with Crippen LogP contribution in [-0.4, -0.2) is 14.2 Å². The molecular weight excluding hydrogens is 331 g/mol. The van der Waals surface area contributed by atoms with Crippen LogP contribution in [-0.2, 0) is 12.8 Å². The molecule has 0 aliphatic rings. The van der Waals surface area contributed by atoms with Gasteiger partial charge in [-0.05, 0) is 48.2 Å². The van der Waals surface area contributed by atoms with Gasteiger partial charge in [-0.15, -0.1) is 0 Å². The zero-order valence-corrected chi connectivity index (χ0v) is 14.0. The van der Waals surface area contributed by atoms with Gasteiger partial charge in [-0.1, -0.05) is 40.9 Å². The summed E-state index contributed by atoms with van der Waals surface area (Å²) in [7, 11) is 3.20. The number of hydrogen-bond donors (Lipinski definition) is 0. The first kappa shape index (κ1) is 16.3. The van der Waals surface area contributed by atoms with E-state index in [4.69, 9.17) is 44.3 Å². The maximum Gasteiger partial charge on any atom is 0.121 e. The monoisotopic (exact) mass is 344 g/mol. The standard InChI is InChI=1S/C16H15Cl3O2/c1-20-11-5-3-10(14(17)7-11)4-6-13-15(18)8-12(21-2)9-16(13)19/h3,5,7-9H,4,6H2,1-2H3. The Labute approximate surface area is 139 Å². The highest BCUT2D eigenvalue weighted by Crippen LogP contribution is 2.32. The van der Waals surface area contributed by atoms with Gasteiger partial charge in [0.2, 0.25) is 0 Å². The van der Waals surface area contributed by atoms with Gasteiger partial charge in [-0.3, -0.25) is 0 Å². The molecule has 0 fully saturated rings. The topological polar surface area (TPSA) is 18.5 Å². The predicted octanol–water partition coefficient (Wildman–Crippen LogP) is 5.45. The number of benzene rings is 2. The molecule has 0 N–H and O–H groups in total. The number of aryl methyl sites for hydroxylation is 1. The molecule has 0 aromatic heterocycles. The average Bonchev–Trinajstić information content (AvgIpc) is 2.47. The van der Waals surface area contributed by atoms with Crippen LogP contribution in [0.3, 0.4) is 0 Å². The van der Waals surface area contributed by atoms with E-state index in [-0.39, 0.29) is 0 Å². The molecule has 2 rings (SSSR count). The molecule has 2 nitrogen and oxygen atoms in total. The Morgan fingerprint density at radius 2 is 1.33 bits per heavy atom. The van der Waals surface area contributed by atoms with Gasteiger partial charge in [-0.25, -0.2) is 0 Å². The fourth-order valence-corrected chi connectivity index (χ4v) is 2.97. The summed E-state index contributed by atoms with van der Waals surface area (Å²) in [6, 6.07) is 9.16. The quantitative estimate of drug-likeness (QED) is 0.717. The summed E-state index contributed by atoms with van der Waals surface area (Å²) in [5.41, 5.74) is 1.92. The molecule has 0 saturated heterocycles. The van der Waals surface area contributed by atoms with Crippen molar-refractivity contribution in [2.75, 3.05) is 14.2 Å². The second kappa shape index (κ2) is 7.26. The molecule has 0 spiro atoms. The molecule has 0 aliphatic carbocycles. The Bertz CT molecular complexity index is 618. The van der Waals surface area contributed by atoms with Gasteiger partial charge < -0.3 is 9.47 Å². The Morgan fingerprint density at radius 3 is 1.86 bits per heavy atom. The molecule has 0 unspecified atom stereocenters. The second-order valence-electron chi connectivity index (χ2n) is 4.53. The Morgan fingerprint density at radius 1 is 0.762 bits per heavy atom. The highest BCUT2D eigenvalue weighted by molar-refractivity contribution is 6.36. The normalized spacial score (nSPS) is 10.5. The molecule has 2 aromatic carbocycles. The van der Waals surface area contributed by atoms with Crippen molar-refractivity contribution in [3.05, 3.63) is 56.5 Å². The molecule has 0 saturated carbocycles. The van der Waals surface area contributed by atoms with Gasteiger partial charge >= 0.3 is 0 Å². The first-order valence-corrected chi connectivity index (χ1v) is 7.53. The van der Waals surface area contributed by atoms with E-state index in [0.717, 1.165) is 23.3 Å². The summed E-state index contributed by atoms with van der Waals surface area (Å²) >= 11 is 18.7. The molecule has 0 bridgehead atoms. The number of ether oxygens (including phenoxy) is 2. The van der Waals surface area contributed by atoms with Crippen LogP contribution in [0.5, 0.6) is 11.5 Å². The van der Waals surface area contributed by atoms with Gasteiger partial charge in [0.25, 0.3) is 0 Å². The van der Waals surface area contributed by atoms with Crippen molar-refractivity contribution in [3.63, 3.8) is 0 Å². The lowest BCUT2D eigenvalue weighted by molar-refractivity contribution is 0.414. The average molecular weight is 346 g/mol. The van der Waals surface area contributed by atoms with Crippen molar-refractivity contribution in [1.82, 2.24) is 0 Å². The van der Waals surface area contributed by atoms with Crippen molar-refractivity contribution >= 4 is 34.8 Å². The first-order chi connectivity index (χ1) is 10.0. The highest BCUT2D eigenvalue weighted by Gasteiger charge is 2.10. The summed E-state index contributed by atoms with van der Waals surface area (Å²) in [6.07, 6.45) is 1.45. The third-order valence-electron chi connectivity index (χ3n) is 3.25. The molecule has 0 radical (unpaired) electrons. The molecule has 0 amide bonds. The number of halogens is 3. The molecule has 0 heterocycles. The van der Waals surface area contributed by atoms with E-state index in [9.17, 15) is 0 Å².